The molecule has 0 saturated carbocycles. The molecule has 8 nitrogen and oxygen atoms in total. The van der Waals surface area contributed by atoms with Gasteiger partial charge in [-0.1, -0.05) is 12.2 Å². The molecule has 0 aliphatic rings. The first kappa shape index (κ1) is 22.4. The van der Waals surface area contributed by atoms with E-state index in [2.05, 4.69) is 10.5 Å². The van der Waals surface area contributed by atoms with Gasteiger partial charge in [0.2, 0.25) is 0 Å². The largest absolute Gasteiger partial charge is 0.505 e. The van der Waals surface area contributed by atoms with Gasteiger partial charge in [0.1, 0.15) is 16.6 Å². The number of nitrogens with zero attached hydrogens (tertiary/aromatic N) is 2. The van der Waals surface area contributed by atoms with Gasteiger partial charge < -0.3 is 25.7 Å². The van der Waals surface area contributed by atoms with Crippen molar-refractivity contribution in [2.45, 2.75) is 12.7 Å². The van der Waals surface area contributed by atoms with Gasteiger partial charge in [-0.25, -0.2) is 0 Å². The first-order chi connectivity index (χ1) is 14.0. The van der Waals surface area contributed by atoms with Crippen LogP contribution in [0, 0.1) is 16.2 Å². The molecule has 5 N–H and O–H groups in total. The quantitative estimate of drug-likeness (QED) is 0.155. The number of rotatable bonds is 5. The van der Waals surface area contributed by atoms with Gasteiger partial charge in [-0.2, -0.15) is 18.4 Å². The van der Waals surface area contributed by atoms with E-state index in [1.165, 1.54) is 0 Å². The van der Waals surface area contributed by atoms with Crippen molar-refractivity contribution in [3.8, 4) is 29.1 Å². The molecule has 156 valence electrons. The first-order valence-electron chi connectivity index (χ1n) is 7.89. The van der Waals surface area contributed by atoms with Crippen LogP contribution in [0.2, 0.25) is 0 Å². The molecule has 0 aromatic heterocycles. The van der Waals surface area contributed by atoms with E-state index in [0.29, 0.717) is 6.07 Å². The van der Waals surface area contributed by atoms with Crippen molar-refractivity contribution in [1.82, 2.24) is 5.32 Å². The first-order valence-corrected chi connectivity index (χ1v) is 8.30. The third-order valence-corrected chi connectivity index (χ3v) is 4.14. The second-order valence-corrected chi connectivity index (χ2v) is 6.27. The number of aromatic hydroxyl groups is 4. The van der Waals surface area contributed by atoms with Crippen LogP contribution >= 0.6 is 12.2 Å². The number of nitroso groups, excluding NO2 is 1. The molecule has 0 unspecified atom stereocenters. The number of benzene rings is 2. The lowest BCUT2D eigenvalue weighted by atomic mass is 10.0. The summed E-state index contributed by atoms with van der Waals surface area (Å²) >= 11 is 5.02. The molecule has 2 aromatic carbocycles. The summed E-state index contributed by atoms with van der Waals surface area (Å²) in [6.45, 7) is -0.107. The molecule has 0 amide bonds. The van der Waals surface area contributed by atoms with Crippen molar-refractivity contribution in [1.29, 1.82) is 5.26 Å². The van der Waals surface area contributed by atoms with Crippen molar-refractivity contribution in [3.05, 3.63) is 51.4 Å². The van der Waals surface area contributed by atoms with Crippen LogP contribution in [0.3, 0.4) is 0 Å². The number of phenolic OH excluding ortho intramolecular Hbond substituents is 4. The second-order valence-electron chi connectivity index (χ2n) is 5.86. The van der Waals surface area contributed by atoms with E-state index in [1.54, 1.807) is 6.07 Å². The highest BCUT2D eigenvalue weighted by molar-refractivity contribution is 7.80. The summed E-state index contributed by atoms with van der Waals surface area (Å²) in [5.74, 6) is -3.23. The molecule has 0 spiro atoms. The normalized spacial score (nSPS) is 11.6. The lowest BCUT2D eigenvalue weighted by Crippen LogP contribution is -2.22. The van der Waals surface area contributed by atoms with Crippen LogP contribution in [0.5, 0.6) is 23.0 Å². The maximum absolute atomic E-state index is 13.0. The monoisotopic (exact) mass is 439 g/mol. The molecule has 0 atom stereocenters. The molecule has 0 radical (unpaired) electrons. The van der Waals surface area contributed by atoms with Gasteiger partial charge in [0.25, 0.3) is 0 Å². The van der Waals surface area contributed by atoms with Crippen molar-refractivity contribution >= 4 is 29.0 Å². The Morgan fingerprint density at radius 1 is 1.13 bits per heavy atom. The highest BCUT2D eigenvalue weighted by atomic mass is 32.1. The van der Waals surface area contributed by atoms with E-state index in [-0.39, 0.29) is 28.2 Å². The maximum Gasteiger partial charge on any atom is 0.420 e. The van der Waals surface area contributed by atoms with Gasteiger partial charge in [-0.15, -0.1) is 4.91 Å². The van der Waals surface area contributed by atoms with E-state index in [0.717, 1.165) is 24.3 Å². The molecule has 2 rings (SSSR count). The standard InChI is InChI=1S/C18H12F3N3O5S/c19-18(20,21)11-2-8(3-12(24-29)15(11)27)1-10(6-22)17(30)23-7-9-4-13(25)16(28)14(26)5-9/h1-5,25-28H,7H2,(H,23,30)/b10-1+. The zero-order valence-corrected chi connectivity index (χ0v) is 15.5. The fraction of sp³-hybridized carbons (Fsp3) is 0.111. The molecule has 0 saturated heterocycles. The van der Waals surface area contributed by atoms with E-state index >= 15 is 0 Å². The Labute approximate surface area is 172 Å². The van der Waals surface area contributed by atoms with Gasteiger partial charge in [0.15, 0.2) is 28.7 Å². The highest BCUT2D eigenvalue weighted by Gasteiger charge is 2.35. The summed E-state index contributed by atoms with van der Waals surface area (Å²) in [6, 6.07) is 5.32. The van der Waals surface area contributed by atoms with E-state index < -0.39 is 40.4 Å². The van der Waals surface area contributed by atoms with Crippen LogP contribution < -0.4 is 5.32 Å². The summed E-state index contributed by atoms with van der Waals surface area (Å²) in [5, 5.41) is 52.0. The van der Waals surface area contributed by atoms with Crippen LogP contribution in [0.4, 0.5) is 18.9 Å². The minimum atomic E-state index is -4.97. The smallest absolute Gasteiger partial charge is 0.420 e. The lowest BCUT2D eigenvalue weighted by Gasteiger charge is -2.12. The Morgan fingerprint density at radius 3 is 2.23 bits per heavy atom. The van der Waals surface area contributed by atoms with Gasteiger partial charge in [0.05, 0.1) is 5.57 Å². The molecule has 0 aliphatic heterocycles. The average molecular weight is 439 g/mol. The fourth-order valence-electron chi connectivity index (χ4n) is 2.37. The molecule has 30 heavy (non-hydrogen) atoms. The SMILES string of the molecule is N#C/C(=C\c1cc(N=O)c(O)c(C(F)(F)F)c1)C(=S)NCc1cc(O)c(O)c(O)c1. The number of thiocarbonyl (C=S) groups is 1. The fourth-order valence-corrected chi connectivity index (χ4v) is 2.54. The van der Waals surface area contributed by atoms with Crippen molar-refractivity contribution in [2.24, 2.45) is 5.18 Å². The third-order valence-electron chi connectivity index (χ3n) is 3.77. The van der Waals surface area contributed by atoms with Crippen molar-refractivity contribution in [3.63, 3.8) is 0 Å². The van der Waals surface area contributed by atoms with E-state index in [9.17, 15) is 43.8 Å². The summed E-state index contributed by atoms with van der Waals surface area (Å²) in [6.07, 6.45) is -4.01. The highest BCUT2D eigenvalue weighted by Crippen LogP contribution is 2.42. The average Bonchev–Trinajstić information content (AvgIpc) is 2.68. The zero-order chi connectivity index (χ0) is 22.6. The van der Waals surface area contributed by atoms with E-state index in [1.807, 2.05) is 0 Å². The maximum atomic E-state index is 13.0. The number of alkyl halides is 3. The molecule has 12 heteroatoms. The van der Waals surface area contributed by atoms with Gasteiger partial charge in [-0.3, -0.25) is 0 Å². The number of halogens is 3. The number of nitrogens with one attached hydrogen (secondary N) is 1. The molecular weight excluding hydrogens is 427 g/mol. The molecule has 2 aromatic rings. The molecule has 0 aliphatic carbocycles. The molecular formula is C18H12F3N3O5S. The minimum absolute atomic E-state index is 0.107. The van der Waals surface area contributed by atoms with Crippen LogP contribution in [-0.2, 0) is 12.7 Å². The summed E-state index contributed by atoms with van der Waals surface area (Å²) in [7, 11) is 0. The Bertz CT molecular complexity index is 1070. The molecule has 0 fully saturated rings. The van der Waals surface area contributed by atoms with Crippen LogP contribution in [0.15, 0.2) is 35.0 Å². The minimum Gasteiger partial charge on any atom is -0.505 e. The second kappa shape index (κ2) is 8.66. The third kappa shape index (κ3) is 4.95. The number of phenols is 4. The van der Waals surface area contributed by atoms with Crippen molar-refractivity contribution in [2.75, 3.05) is 0 Å². The predicted molar refractivity (Wildman–Crippen MR) is 103 cm³/mol. The predicted octanol–water partition coefficient (Wildman–Crippen LogP) is 3.95. The van der Waals surface area contributed by atoms with Gasteiger partial charge in [-0.05, 0) is 46.6 Å². The molecule has 0 bridgehead atoms. The van der Waals surface area contributed by atoms with Crippen LogP contribution in [-0.4, -0.2) is 25.4 Å². The number of hydrogen-bond acceptors (Lipinski definition) is 8. The summed E-state index contributed by atoms with van der Waals surface area (Å²) in [5.41, 5.74) is -2.61. The summed E-state index contributed by atoms with van der Waals surface area (Å²) in [4.78, 5) is 10.5. The molecule has 0 heterocycles. The lowest BCUT2D eigenvalue weighted by molar-refractivity contribution is -0.138. The van der Waals surface area contributed by atoms with E-state index in [4.69, 9.17) is 12.2 Å². The Kier molecular flexibility index (Phi) is 6.48. The van der Waals surface area contributed by atoms with Crippen LogP contribution in [0.1, 0.15) is 16.7 Å². The summed E-state index contributed by atoms with van der Waals surface area (Å²) < 4.78 is 39.1. The topological polar surface area (TPSA) is 146 Å². The zero-order valence-electron chi connectivity index (χ0n) is 14.7. The number of hydrogen-bond donors (Lipinski definition) is 5. The Hall–Kier alpha value is -3.85. The van der Waals surface area contributed by atoms with Crippen molar-refractivity contribution < 1.29 is 33.6 Å². The van der Waals surface area contributed by atoms with Gasteiger partial charge in [0, 0.05) is 6.54 Å². The van der Waals surface area contributed by atoms with Crippen LogP contribution in [0.25, 0.3) is 6.08 Å². The Morgan fingerprint density at radius 2 is 1.73 bits per heavy atom. The Balaban J connectivity index is 2.32. The number of nitriles is 1. The van der Waals surface area contributed by atoms with Gasteiger partial charge >= 0.3 is 6.18 Å².